The molecule has 0 aromatic carbocycles. The number of rotatable bonds is 3. The fourth-order valence-electron chi connectivity index (χ4n) is 1.92. The van der Waals surface area contributed by atoms with Gasteiger partial charge in [-0.05, 0) is 24.2 Å². The van der Waals surface area contributed by atoms with Crippen LogP contribution >= 0.6 is 0 Å². The van der Waals surface area contributed by atoms with Crippen molar-refractivity contribution < 1.29 is 4.74 Å². The van der Waals surface area contributed by atoms with Crippen LogP contribution in [-0.4, -0.2) is 28.1 Å². The van der Waals surface area contributed by atoms with Crippen molar-refractivity contribution in [2.24, 2.45) is 5.18 Å². The number of ether oxygens (including phenoxy) is 1. The number of nitroso groups, excluding NO2 is 1. The van der Waals surface area contributed by atoms with Gasteiger partial charge in [-0.15, -0.1) is 17.3 Å². The molecule has 0 saturated heterocycles. The van der Waals surface area contributed by atoms with Gasteiger partial charge in [-0.2, -0.15) is 0 Å². The summed E-state index contributed by atoms with van der Waals surface area (Å²) >= 11 is 0. The summed E-state index contributed by atoms with van der Waals surface area (Å²) in [6.07, 6.45) is 7.99. The summed E-state index contributed by atoms with van der Waals surface area (Å²) in [4.78, 5) is 23.8. The Hall–Kier alpha value is -2.88. The van der Waals surface area contributed by atoms with E-state index in [2.05, 4.69) is 32.5 Å². The van der Waals surface area contributed by atoms with Crippen molar-refractivity contribution >= 4 is 11.6 Å². The lowest BCUT2D eigenvalue weighted by Crippen LogP contribution is -2.33. The maximum Gasteiger partial charge on any atom is 0.198 e. The predicted octanol–water partition coefficient (Wildman–Crippen LogP) is 3.27. The molecule has 1 aliphatic heterocycles. The third-order valence-electron chi connectivity index (χ3n) is 2.75. The van der Waals surface area contributed by atoms with Gasteiger partial charge in [0.05, 0.1) is 25.1 Å². The van der Waals surface area contributed by atoms with Crippen molar-refractivity contribution in [3.8, 4) is 18.1 Å². The van der Waals surface area contributed by atoms with E-state index in [1.54, 1.807) is 31.6 Å². The summed E-state index contributed by atoms with van der Waals surface area (Å²) in [5, 5.41) is 2.85. The van der Waals surface area contributed by atoms with E-state index in [1.165, 1.54) is 0 Å². The average molecular weight is 315 g/mol. The maximum atomic E-state index is 10.5. The van der Waals surface area contributed by atoms with Gasteiger partial charge in [-0.1, -0.05) is 13.8 Å². The minimum Gasteiger partial charge on any atom is -0.488 e. The number of imidazole rings is 1. The summed E-state index contributed by atoms with van der Waals surface area (Å²) in [5.41, 5.74) is 0.981. The molecule has 0 radical (unpaired) electrons. The van der Waals surface area contributed by atoms with Gasteiger partial charge in [-0.25, -0.2) is 9.97 Å². The van der Waals surface area contributed by atoms with Crippen LogP contribution in [0.1, 0.15) is 26.5 Å². The quantitative estimate of drug-likeness (QED) is 0.694. The van der Waals surface area contributed by atoms with Gasteiger partial charge in [0.1, 0.15) is 6.61 Å². The molecule has 0 bridgehead atoms. The first-order valence-corrected chi connectivity index (χ1v) is 7.35. The maximum absolute atomic E-state index is 10.5. The van der Waals surface area contributed by atoms with Crippen molar-refractivity contribution in [3.05, 3.63) is 35.3 Å². The number of terminal acetylenes is 1. The molecule has 3 rings (SSSR count). The van der Waals surface area contributed by atoms with Crippen molar-refractivity contribution in [1.82, 2.24) is 15.0 Å². The number of aromatic nitrogens is 3. The summed E-state index contributed by atoms with van der Waals surface area (Å²) in [6, 6.07) is 3.27. The fourth-order valence-corrected chi connectivity index (χ4v) is 1.92. The Labute approximate surface area is 136 Å². The van der Waals surface area contributed by atoms with Crippen LogP contribution in [0.2, 0.25) is 0 Å². The lowest BCUT2D eigenvalue weighted by Gasteiger charge is -2.29. The number of H-pyrrole nitrogens is 1. The molecule has 0 spiro atoms. The minimum atomic E-state index is 0.161. The number of fused-ring (bicyclic) bond motifs is 1. The molecule has 0 saturated carbocycles. The van der Waals surface area contributed by atoms with Gasteiger partial charge in [0, 0.05) is 6.20 Å². The predicted molar refractivity (Wildman–Crippen MR) is 90.7 cm³/mol. The zero-order chi connectivity index (χ0) is 17.1. The number of nitrogens with zero attached hydrogens (tertiary/aromatic N) is 4. The lowest BCUT2D eigenvalue weighted by molar-refractivity contribution is 0.304. The zero-order valence-corrected chi connectivity index (χ0v) is 13.6. The molecule has 0 amide bonds. The van der Waals surface area contributed by atoms with E-state index < -0.39 is 0 Å². The highest BCUT2D eigenvalue weighted by Crippen LogP contribution is 2.32. The molecule has 23 heavy (non-hydrogen) atoms. The number of nitrogens with one attached hydrogen (secondary N) is 1. The third-order valence-corrected chi connectivity index (χ3v) is 2.75. The molecule has 0 fully saturated rings. The van der Waals surface area contributed by atoms with E-state index in [9.17, 15) is 4.91 Å². The molecule has 7 nitrogen and oxygen atoms in total. The van der Waals surface area contributed by atoms with Gasteiger partial charge >= 0.3 is 0 Å². The van der Waals surface area contributed by atoms with E-state index in [4.69, 9.17) is 4.74 Å². The van der Waals surface area contributed by atoms with Crippen molar-refractivity contribution in [3.63, 3.8) is 0 Å². The summed E-state index contributed by atoms with van der Waals surface area (Å²) < 4.78 is 5.50. The number of aromatic amines is 1. The number of anilines is 1. The van der Waals surface area contributed by atoms with E-state index in [0.717, 1.165) is 5.69 Å². The van der Waals surface area contributed by atoms with Crippen LogP contribution in [0.5, 0.6) is 5.75 Å². The topological polar surface area (TPSA) is 83.5 Å². The van der Waals surface area contributed by atoms with Gasteiger partial charge in [0.25, 0.3) is 0 Å². The van der Waals surface area contributed by atoms with Crippen LogP contribution < -0.4 is 9.64 Å². The van der Waals surface area contributed by atoms with Crippen molar-refractivity contribution in [1.29, 1.82) is 0 Å². The second kappa shape index (κ2) is 9.95. The molecule has 0 aliphatic carbocycles. The summed E-state index contributed by atoms with van der Waals surface area (Å²) in [6.45, 7) is 7.60. The van der Waals surface area contributed by atoms with Crippen LogP contribution in [0.25, 0.3) is 0 Å². The van der Waals surface area contributed by atoms with Gasteiger partial charge in [0.15, 0.2) is 17.4 Å². The number of pyridine rings is 1. The highest BCUT2D eigenvalue weighted by atomic mass is 16.5. The lowest BCUT2D eigenvalue weighted by atomic mass is 10.3. The fraction of sp³-hybridized carbons (Fsp3) is 0.375. The first-order valence-electron chi connectivity index (χ1n) is 7.35. The second-order valence-electron chi connectivity index (χ2n) is 4.22. The molecule has 0 unspecified atom stereocenters. The molecule has 1 aliphatic rings. The van der Waals surface area contributed by atoms with Crippen molar-refractivity contribution in [2.45, 2.75) is 27.3 Å². The molecule has 3 heterocycles. The molecule has 1 N–H and O–H groups in total. The van der Waals surface area contributed by atoms with E-state index in [-0.39, 0.29) is 5.82 Å². The van der Waals surface area contributed by atoms with E-state index >= 15 is 0 Å². The highest BCUT2D eigenvalue weighted by molar-refractivity contribution is 5.57. The minimum absolute atomic E-state index is 0.161. The first kappa shape index (κ1) is 18.2. The molecular formula is C16H21N5O2. The molecular weight excluding hydrogens is 294 g/mol. The van der Waals surface area contributed by atoms with Crippen LogP contribution in [0.15, 0.2) is 29.8 Å². The number of hydrogen-bond donors (Lipinski definition) is 1. The average Bonchev–Trinajstić information content (AvgIpc) is 3.10. The monoisotopic (exact) mass is 315 g/mol. The van der Waals surface area contributed by atoms with Crippen molar-refractivity contribution in [2.75, 3.05) is 18.1 Å². The van der Waals surface area contributed by atoms with Gasteiger partial charge in [-0.3, -0.25) is 0 Å². The Morgan fingerprint density at radius 3 is 2.83 bits per heavy atom. The third kappa shape index (κ3) is 5.11. The second-order valence-corrected chi connectivity index (χ2v) is 4.22. The summed E-state index contributed by atoms with van der Waals surface area (Å²) in [5.74, 6) is 3.73. The smallest absolute Gasteiger partial charge is 0.198 e. The Balaban J connectivity index is 0.000000477. The normalized spacial score (nSPS) is 11.5. The molecule has 2 aromatic rings. The SMILES string of the molecule is C#CC.CC.O=Nc1ccc2c(n1)N(Cc1cnc[nH]1)CCO2. The first-order chi connectivity index (χ1) is 11.3. The zero-order valence-electron chi connectivity index (χ0n) is 13.6. The van der Waals surface area contributed by atoms with Gasteiger partial charge < -0.3 is 14.6 Å². The molecule has 7 heteroatoms. The van der Waals surface area contributed by atoms with Gasteiger partial charge in [0.2, 0.25) is 0 Å². The molecule has 0 atom stereocenters. The number of hydrogen-bond acceptors (Lipinski definition) is 6. The van der Waals surface area contributed by atoms with Crippen LogP contribution in [0.4, 0.5) is 11.6 Å². The van der Waals surface area contributed by atoms with E-state index in [1.807, 2.05) is 18.7 Å². The van der Waals surface area contributed by atoms with Crippen LogP contribution in [0, 0.1) is 17.3 Å². The molecule has 2 aromatic heterocycles. The largest absolute Gasteiger partial charge is 0.488 e. The molecule has 122 valence electrons. The van der Waals surface area contributed by atoms with Crippen LogP contribution in [0.3, 0.4) is 0 Å². The standard InChI is InChI=1S/C11H11N5O2.C3H4.C2H6/c17-15-10-2-1-9-11(14-10)16(3-4-18-9)6-8-5-12-7-13-8;1-3-2;1-2/h1-2,5,7H,3-4,6H2,(H,12,13);1H,2H3;1-2H3. The Kier molecular flexibility index (Phi) is 7.86. The summed E-state index contributed by atoms with van der Waals surface area (Å²) in [7, 11) is 0. The Morgan fingerprint density at radius 1 is 1.48 bits per heavy atom. The van der Waals surface area contributed by atoms with E-state index in [0.29, 0.717) is 31.3 Å². The highest BCUT2D eigenvalue weighted by Gasteiger charge is 2.20. The Bertz CT molecular complexity index is 634. The van der Waals surface area contributed by atoms with Crippen LogP contribution in [-0.2, 0) is 6.54 Å². The Morgan fingerprint density at radius 2 is 2.22 bits per heavy atom.